The number of aromatic hydroxyl groups is 1. The molecule has 3 aromatic carbocycles. The summed E-state index contributed by atoms with van der Waals surface area (Å²) in [5, 5.41) is 16.9. The second kappa shape index (κ2) is 9.27. The van der Waals surface area contributed by atoms with Crippen molar-refractivity contribution < 1.29 is 9.84 Å². The van der Waals surface area contributed by atoms with Gasteiger partial charge in [-0.3, -0.25) is 9.36 Å². The van der Waals surface area contributed by atoms with E-state index < -0.39 is 11.1 Å². The van der Waals surface area contributed by atoms with Gasteiger partial charge in [-0.25, -0.2) is 19.6 Å². The van der Waals surface area contributed by atoms with Gasteiger partial charge in [0.15, 0.2) is 17.1 Å². The van der Waals surface area contributed by atoms with Crippen molar-refractivity contribution in [1.29, 1.82) is 0 Å². The van der Waals surface area contributed by atoms with E-state index in [1.165, 1.54) is 6.33 Å². The van der Waals surface area contributed by atoms with Gasteiger partial charge in [-0.15, -0.1) is 0 Å². The van der Waals surface area contributed by atoms with E-state index in [4.69, 9.17) is 32.2 Å². The molecule has 10 nitrogen and oxygen atoms in total. The van der Waals surface area contributed by atoms with Gasteiger partial charge in [-0.1, -0.05) is 48.0 Å². The zero-order valence-electron chi connectivity index (χ0n) is 24.1. The molecular weight excluding hydrogens is 578 g/mol. The number of ether oxygens (including phenoxy) is 1. The minimum Gasteiger partial charge on any atom is -0.504 e. The maximum atomic E-state index is 14.3. The van der Waals surface area contributed by atoms with Crippen LogP contribution in [-0.2, 0) is 18.5 Å². The Balaban J connectivity index is 1.36. The van der Waals surface area contributed by atoms with Crippen molar-refractivity contribution in [3.05, 3.63) is 99.3 Å². The molecule has 0 spiro atoms. The van der Waals surface area contributed by atoms with E-state index in [1.807, 2.05) is 50.2 Å². The number of halogens is 1. The van der Waals surface area contributed by atoms with Gasteiger partial charge in [0.25, 0.3) is 5.56 Å². The second-order valence-electron chi connectivity index (χ2n) is 12.1. The molecule has 0 atom stereocenters. The Morgan fingerprint density at radius 1 is 1.02 bits per heavy atom. The molecule has 11 heteroatoms. The van der Waals surface area contributed by atoms with Crippen molar-refractivity contribution in [2.24, 2.45) is 0 Å². The largest absolute Gasteiger partial charge is 0.504 e. The van der Waals surface area contributed by atoms with Gasteiger partial charge >= 0.3 is 0 Å². The van der Waals surface area contributed by atoms with E-state index >= 15 is 0 Å². The molecule has 8 rings (SSSR count). The highest BCUT2D eigenvalue weighted by atomic mass is 35.5. The highest BCUT2D eigenvalue weighted by molar-refractivity contribution is 6.35. The van der Waals surface area contributed by atoms with E-state index in [1.54, 1.807) is 33.5 Å². The maximum absolute atomic E-state index is 14.3. The molecule has 6 aromatic rings. The number of benzene rings is 3. The molecule has 44 heavy (non-hydrogen) atoms. The Bertz CT molecular complexity index is 2200. The first-order valence-corrected chi connectivity index (χ1v) is 14.8. The lowest BCUT2D eigenvalue weighted by Crippen LogP contribution is -2.36. The normalized spacial score (nSPS) is 16.2. The summed E-state index contributed by atoms with van der Waals surface area (Å²) in [7, 11) is 0. The number of phenols is 1. The highest BCUT2D eigenvalue weighted by Gasteiger charge is 2.48. The number of rotatable bonds is 5. The SMILES string of the molecule is CC1(C)Cc2c(-c3nn(Cc4nc5cccc(Cl)c5c(=O)n4C4(c5ccccc5)CC4)c4ncnc(N)c34)ccc(O)c2O1. The fourth-order valence-electron chi connectivity index (χ4n) is 6.62. The Hall–Kier alpha value is -4.96. The quantitative estimate of drug-likeness (QED) is 0.265. The van der Waals surface area contributed by atoms with Crippen LogP contribution in [0.15, 0.2) is 71.8 Å². The number of anilines is 1. The predicted molar refractivity (Wildman–Crippen MR) is 168 cm³/mol. The summed E-state index contributed by atoms with van der Waals surface area (Å²) in [6, 6.07) is 18.7. The molecule has 2 aliphatic rings. The average Bonchev–Trinajstić information content (AvgIpc) is 3.60. The average molecular weight is 606 g/mol. The van der Waals surface area contributed by atoms with Crippen LogP contribution in [-0.4, -0.2) is 40.0 Å². The summed E-state index contributed by atoms with van der Waals surface area (Å²) in [5.41, 5.74) is 9.44. The van der Waals surface area contributed by atoms with Gasteiger partial charge < -0.3 is 15.6 Å². The number of phenolic OH excluding ortho intramolecular Hbond substituents is 1. The van der Waals surface area contributed by atoms with Gasteiger partial charge in [0, 0.05) is 17.5 Å². The van der Waals surface area contributed by atoms with Gasteiger partial charge in [0.2, 0.25) is 0 Å². The monoisotopic (exact) mass is 605 g/mol. The van der Waals surface area contributed by atoms with E-state index in [9.17, 15) is 9.90 Å². The molecule has 0 bridgehead atoms. The fourth-order valence-corrected chi connectivity index (χ4v) is 6.87. The summed E-state index contributed by atoms with van der Waals surface area (Å²) in [6.07, 6.45) is 3.55. The predicted octanol–water partition coefficient (Wildman–Crippen LogP) is 5.44. The minimum absolute atomic E-state index is 0.0703. The first kappa shape index (κ1) is 26.7. The molecule has 3 N–H and O–H groups in total. The Morgan fingerprint density at radius 3 is 2.59 bits per heavy atom. The van der Waals surface area contributed by atoms with Crippen LogP contribution in [0.2, 0.25) is 5.02 Å². The second-order valence-corrected chi connectivity index (χ2v) is 12.5. The summed E-state index contributed by atoms with van der Waals surface area (Å²) in [6.45, 7) is 4.09. The molecule has 4 heterocycles. The molecule has 0 unspecified atom stereocenters. The van der Waals surface area contributed by atoms with E-state index in [-0.39, 0.29) is 23.7 Å². The third-order valence-electron chi connectivity index (χ3n) is 8.70. The molecule has 0 amide bonds. The maximum Gasteiger partial charge on any atom is 0.263 e. The summed E-state index contributed by atoms with van der Waals surface area (Å²) in [4.78, 5) is 28.2. The molecule has 1 fully saturated rings. The van der Waals surface area contributed by atoms with Crippen LogP contribution in [0.3, 0.4) is 0 Å². The third-order valence-corrected chi connectivity index (χ3v) is 9.02. The van der Waals surface area contributed by atoms with Crippen molar-refractivity contribution in [1.82, 2.24) is 29.3 Å². The van der Waals surface area contributed by atoms with Gasteiger partial charge in [0.1, 0.15) is 35.8 Å². The molecule has 1 aliphatic carbocycles. The lowest BCUT2D eigenvalue weighted by Gasteiger charge is -2.23. The van der Waals surface area contributed by atoms with Gasteiger partial charge in [-0.2, -0.15) is 5.10 Å². The number of fused-ring (bicyclic) bond motifs is 3. The number of nitrogen functional groups attached to an aromatic ring is 1. The van der Waals surface area contributed by atoms with Crippen molar-refractivity contribution in [3.8, 4) is 22.8 Å². The van der Waals surface area contributed by atoms with Gasteiger partial charge in [0.05, 0.1) is 26.9 Å². The molecule has 1 aliphatic heterocycles. The van der Waals surface area contributed by atoms with Crippen LogP contribution >= 0.6 is 11.6 Å². The fraction of sp³-hybridized carbons (Fsp3) is 0.242. The zero-order chi connectivity index (χ0) is 30.4. The molecule has 0 radical (unpaired) electrons. The van der Waals surface area contributed by atoms with Gasteiger partial charge in [-0.05, 0) is 56.5 Å². The number of hydrogen-bond donors (Lipinski definition) is 2. The molecule has 220 valence electrons. The Kier molecular flexibility index (Phi) is 5.61. The van der Waals surface area contributed by atoms with Crippen molar-refractivity contribution in [3.63, 3.8) is 0 Å². The standard InChI is InChI=1S/C33H28ClN7O3/c1-32(2)15-20-19(11-12-23(42)28(20)44-32)27-26-29(35)36-17-37-30(26)40(39-27)16-24-38-22-10-6-9-21(34)25(22)31(43)41(24)33(13-14-33)18-7-4-3-5-8-18/h3-12,17,42H,13-16H2,1-2H3,(H2,35,36,37). The number of hydrogen-bond acceptors (Lipinski definition) is 8. The zero-order valence-corrected chi connectivity index (χ0v) is 24.8. The van der Waals surface area contributed by atoms with Crippen LogP contribution in [0.5, 0.6) is 11.5 Å². The van der Waals surface area contributed by atoms with Crippen molar-refractivity contribution in [2.45, 2.75) is 50.8 Å². The number of nitrogens with zero attached hydrogens (tertiary/aromatic N) is 6. The summed E-state index contributed by atoms with van der Waals surface area (Å²) in [5.74, 6) is 1.31. The topological polar surface area (TPSA) is 134 Å². The highest BCUT2D eigenvalue weighted by Crippen LogP contribution is 2.50. The number of aromatic nitrogens is 6. The van der Waals surface area contributed by atoms with E-state index in [0.29, 0.717) is 50.6 Å². The van der Waals surface area contributed by atoms with E-state index in [2.05, 4.69) is 9.97 Å². The molecule has 0 saturated heterocycles. The first-order chi connectivity index (χ1) is 21.2. The molecule has 1 saturated carbocycles. The van der Waals surface area contributed by atoms with Crippen LogP contribution in [0, 0.1) is 0 Å². The van der Waals surface area contributed by atoms with Crippen molar-refractivity contribution >= 4 is 39.4 Å². The lowest BCUT2D eigenvalue weighted by atomic mass is 9.95. The third kappa shape index (κ3) is 3.90. The van der Waals surface area contributed by atoms with Crippen LogP contribution in [0.1, 0.15) is 43.6 Å². The molecule has 3 aromatic heterocycles. The summed E-state index contributed by atoms with van der Waals surface area (Å²) >= 11 is 6.58. The summed E-state index contributed by atoms with van der Waals surface area (Å²) < 4.78 is 9.61. The van der Waals surface area contributed by atoms with Crippen molar-refractivity contribution in [2.75, 3.05) is 5.73 Å². The van der Waals surface area contributed by atoms with Crippen LogP contribution in [0.25, 0.3) is 33.2 Å². The van der Waals surface area contributed by atoms with Crippen LogP contribution in [0.4, 0.5) is 5.82 Å². The minimum atomic E-state index is -0.547. The lowest BCUT2D eigenvalue weighted by molar-refractivity contribution is 0.134. The number of nitrogens with two attached hydrogens (primary N) is 1. The Labute approximate surface area is 256 Å². The molecular formula is C33H28ClN7O3. The van der Waals surface area contributed by atoms with E-state index in [0.717, 1.165) is 29.5 Å². The smallest absolute Gasteiger partial charge is 0.263 e. The Morgan fingerprint density at radius 2 is 1.82 bits per heavy atom. The first-order valence-electron chi connectivity index (χ1n) is 14.4. The van der Waals surface area contributed by atoms with Crippen LogP contribution < -0.4 is 16.0 Å².